The third kappa shape index (κ3) is 4.18. The number of nitrogens with one attached hydrogen (secondary N) is 1. The van der Waals surface area contributed by atoms with E-state index in [9.17, 15) is 9.59 Å². The first-order valence-electron chi connectivity index (χ1n) is 5.42. The topological polar surface area (TPSA) is 58.6 Å². The van der Waals surface area contributed by atoms with Gasteiger partial charge in [-0.15, -0.1) is 0 Å². The molecule has 0 bridgehead atoms. The fourth-order valence-electron chi connectivity index (χ4n) is 1.36. The van der Waals surface area contributed by atoms with Gasteiger partial charge in [-0.2, -0.15) is 0 Å². The summed E-state index contributed by atoms with van der Waals surface area (Å²) in [6.45, 7) is 3.81. The van der Waals surface area contributed by atoms with Crippen molar-refractivity contribution in [2.45, 2.75) is 26.2 Å². The van der Waals surface area contributed by atoms with Crippen LogP contribution in [0.2, 0.25) is 0 Å². The third-order valence-corrected chi connectivity index (χ3v) is 2.24. The summed E-state index contributed by atoms with van der Waals surface area (Å²) in [4.78, 5) is 24.1. The van der Waals surface area contributed by atoms with Gasteiger partial charge in [0.25, 0.3) is 0 Å². The van der Waals surface area contributed by atoms with Crippen LogP contribution >= 0.6 is 0 Å². The minimum Gasteiger partial charge on any atom is -0.449 e. The van der Waals surface area contributed by atoms with Gasteiger partial charge in [0.2, 0.25) is 5.91 Å². The summed E-state index contributed by atoms with van der Waals surface area (Å²) in [5, 5.41) is 2.71. The van der Waals surface area contributed by atoms with Gasteiger partial charge in [0, 0.05) is 13.1 Å². The van der Waals surface area contributed by atoms with Crippen molar-refractivity contribution in [3.05, 3.63) is 0 Å². The second-order valence-corrected chi connectivity index (χ2v) is 3.59. The summed E-state index contributed by atoms with van der Waals surface area (Å²) in [5.74, 6) is -0.111. The maximum atomic E-state index is 11.5. The highest BCUT2D eigenvalue weighted by molar-refractivity contribution is 5.82. The van der Waals surface area contributed by atoms with Crippen LogP contribution in [-0.4, -0.2) is 43.1 Å². The zero-order valence-electron chi connectivity index (χ0n) is 9.12. The van der Waals surface area contributed by atoms with Gasteiger partial charge < -0.3 is 10.1 Å². The van der Waals surface area contributed by atoms with Gasteiger partial charge in [0.05, 0.1) is 6.61 Å². The zero-order chi connectivity index (χ0) is 11.1. The Morgan fingerprint density at radius 3 is 3.13 bits per heavy atom. The maximum Gasteiger partial charge on any atom is 0.410 e. The molecule has 5 heteroatoms. The van der Waals surface area contributed by atoms with Crippen LogP contribution in [0.25, 0.3) is 0 Å². The molecule has 0 radical (unpaired) electrons. The molecule has 1 aliphatic heterocycles. The molecule has 1 aliphatic rings. The van der Waals surface area contributed by atoms with Crippen LogP contribution in [0.4, 0.5) is 4.79 Å². The Hall–Kier alpha value is -1.26. The average Bonchev–Trinajstić information content (AvgIpc) is 2.43. The van der Waals surface area contributed by atoms with Crippen LogP contribution in [0.15, 0.2) is 0 Å². The molecule has 1 heterocycles. The Labute approximate surface area is 89.8 Å². The molecule has 0 saturated carbocycles. The van der Waals surface area contributed by atoms with Gasteiger partial charge in [-0.25, -0.2) is 4.79 Å². The lowest BCUT2D eigenvalue weighted by Gasteiger charge is -2.18. The van der Waals surface area contributed by atoms with Crippen LogP contribution in [-0.2, 0) is 9.53 Å². The molecule has 15 heavy (non-hydrogen) atoms. The predicted octanol–water partition coefficient (Wildman–Crippen LogP) is 0.745. The number of rotatable bonds is 3. The maximum absolute atomic E-state index is 11.5. The van der Waals surface area contributed by atoms with Gasteiger partial charge in [-0.3, -0.25) is 9.69 Å². The molecule has 1 rings (SSSR count). The van der Waals surface area contributed by atoms with Crippen LogP contribution in [0.3, 0.4) is 0 Å². The van der Waals surface area contributed by atoms with Crippen molar-refractivity contribution >= 4 is 12.0 Å². The molecule has 86 valence electrons. The van der Waals surface area contributed by atoms with E-state index in [1.54, 1.807) is 0 Å². The minimum atomic E-state index is -0.375. The molecule has 0 atom stereocenters. The molecule has 0 aromatic rings. The SMILES string of the molecule is CCCCOC(=O)N1CCCNC(=O)C1. The Morgan fingerprint density at radius 2 is 2.40 bits per heavy atom. The average molecular weight is 214 g/mol. The van der Waals surface area contributed by atoms with E-state index < -0.39 is 0 Å². The normalized spacial score (nSPS) is 16.9. The van der Waals surface area contributed by atoms with E-state index in [4.69, 9.17) is 4.74 Å². The van der Waals surface area contributed by atoms with E-state index in [1.807, 2.05) is 6.92 Å². The quantitative estimate of drug-likeness (QED) is 0.705. The fourth-order valence-corrected chi connectivity index (χ4v) is 1.36. The van der Waals surface area contributed by atoms with Gasteiger partial charge in [0.15, 0.2) is 0 Å². The summed E-state index contributed by atoms with van der Waals surface area (Å²) >= 11 is 0. The second-order valence-electron chi connectivity index (χ2n) is 3.59. The third-order valence-electron chi connectivity index (χ3n) is 2.24. The van der Waals surface area contributed by atoms with Crippen molar-refractivity contribution < 1.29 is 14.3 Å². The molecule has 1 fully saturated rings. The number of hydrogen-bond donors (Lipinski definition) is 1. The Morgan fingerprint density at radius 1 is 1.60 bits per heavy atom. The Balaban J connectivity index is 2.33. The lowest BCUT2D eigenvalue weighted by Crippen LogP contribution is -2.37. The smallest absolute Gasteiger partial charge is 0.410 e. The zero-order valence-corrected chi connectivity index (χ0v) is 9.12. The number of unbranched alkanes of at least 4 members (excludes halogenated alkanes) is 1. The standard InChI is InChI=1S/C10H18N2O3/c1-2-3-7-15-10(14)12-6-4-5-11-9(13)8-12/h2-8H2,1H3,(H,11,13). The lowest BCUT2D eigenvalue weighted by molar-refractivity contribution is -0.121. The van der Waals surface area contributed by atoms with Crippen molar-refractivity contribution in [3.8, 4) is 0 Å². The minimum absolute atomic E-state index is 0.111. The van der Waals surface area contributed by atoms with Gasteiger partial charge in [0.1, 0.15) is 6.54 Å². The molecular weight excluding hydrogens is 196 g/mol. The first-order chi connectivity index (χ1) is 7.24. The van der Waals surface area contributed by atoms with Crippen LogP contribution < -0.4 is 5.32 Å². The highest BCUT2D eigenvalue weighted by Gasteiger charge is 2.20. The van der Waals surface area contributed by atoms with E-state index in [-0.39, 0.29) is 18.5 Å². The molecule has 0 unspecified atom stereocenters. The molecule has 2 amide bonds. The number of nitrogens with zero attached hydrogens (tertiary/aromatic N) is 1. The molecular formula is C10H18N2O3. The largest absolute Gasteiger partial charge is 0.449 e. The van der Waals surface area contributed by atoms with Crippen LogP contribution in [0.5, 0.6) is 0 Å². The summed E-state index contributed by atoms with van der Waals surface area (Å²) < 4.78 is 5.03. The summed E-state index contributed by atoms with van der Waals surface area (Å²) in [7, 11) is 0. The fraction of sp³-hybridized carbons (Fsp3) is 0.800. The van der Waals surface area contributed by atoms with Gasteiger partial charge >= 0.3 is 6.09 Å². The van der Waals surface area contributed by atoms with E-state index in [2.05, 4.69) is 5.32 Å². The van der Waals surface area contributed by atoms with Gasteiger partial charge in [-0.1, -0.05) is 13.3 Å². The number of carbonyl (C=O) groups is 2. The molecule has 1 saturated heterocycles. The molecule has 0 aromatic heterocycles. The first kappa shape index (κ1) is 11.8. The van der Waals surface area contributed by atoms with Crippen molar-refractivity contribution in [1.29, 1.82) is 0 Å². The molecule has 0 aromatic carbocycles. The van der Waals surface area contributed by atoms with E-state index >= 15 is 0 Å². The lowest BCUT2D eigenvalue weighted by atomic mass is 10.4. The van der Waals surface area contributed by atoms with Crippen LogP contribution in [0.1, 0.15) is 26.2 Å². The van der Waals surface area contributed by atoms with Crippen molar-refractivity contribution in [1.82, 2.24) is 10.2 Å². The second kappa shape index (κ2) is 6.27. The van der Waals surface area contributed by atoms with E-state index in [0.717, 1.165) is 19.3 Å². The molecule has 1 N–H and O–H groups in total. The monoisotopic (exact) mass is 214 g/mol. The Kier molecular flexibility index (Phi) is 4.93. The molecule has 0 aliphatic carbocycles. The highest BCUT2D eigenvalue weighted by atomic mass is 16.6. The van der Waals surface area contributed by atoms with E-state index in [1.165, 1.54) is 4.90 Å². The summed E-state index contributed by atoms with van der Waals surface area (Å²) in [5.41, 5.74) is 0. The van der Waals surface area contributed by atoms with Crippen molar-refractivity contribution in [3.63, 3.8) is 0 Å². The molecule has 0 spiro atoms. The van der Waals surface area contributed by atoms with Crippen molar-refractivity contribution in [2.75, 3.05) is 26.2 Å². The number of carbonyl (C=O) groups excluding carboxylic acids is 2. The summed E-state index contributed by atoms with van der Waals surface area (Å²) in [6, 6.07) is 0. The molecule has 5 nitrogen and oxygen atoms in total. The van der Waals surface area contributed by atoms with Gasteiger partial charge in [-0.05, 0) is 12.8 Å². The number of ether oxygens (including phenoxy) is 1. The van der Waals surface area contributed by atoms with Crippen LogP contribution in [0, 0.1) is 0 Å². The van der Waals surface area contributed by atoms with E-state index in [0.29, 0.717) is 19.7 Å². The number of amides is 2. The highest BCUT2D eigenvalue weighted by Crippen LogP contribution is 2.00. The van der Waals surface area contributed by atoms with Crippen molar-refractivity contribution in [2.24, 2.45) is 0 Å². The first-order valence-corrected chi connectivity index (χ1v) is 5.42. The Bertz CT molecular complexity index is 231. The predicted molar refractivity (Wildman–Crippen MR) is 55.5 cm³/mol. The number of hydrogen-bond acceptors (Lipinski definition) is 3. The summed E-state index contributed by atoms with van der Waals surface area (Å²) in [6.07, 6.45) is 2.27.